The van der Waals surface area contributed by atoms with E-state index in [0.717, 1.165) is 26.0 Å². The van der Waals surface area contributed by atoms with E-state index in [-0.39, 0.29) is 6.10 Å². The lowest BCUT2D eigenvalue weighted by molar-refractivity contribution is 0.120. The van der Waals surface area contributed by atoms with Gasteiger partial charge in [0.1, 0.15) is 17.5 Å². The zero-order valence-corrected chi connectivity index (χ0v) is 7.79. The van der Waals surface area contributed by atoms with Crippen LogP contribution in [0.1, 0.15) is 18.4 Å². The van der Waals surface area contributed by atoms with Crippen LogP contribution in [0, 0.1) is 11.3 Å². The van der Waals surface area contributed by atoms with E-state index in [4.69, 9.17) is 10.00 Å². The summed E-state index contributed by atoms with van der Waals surface area (Å²) in [6, 6.07) is 2.05. The van der Waals surface area contributed by atoms with Crippen molar-refractivity contribution in [3.63, 3.8) is 0 Å². The van der Waals surface area contributed by atoms with Crippen LogP contribution in [0.3, 0.4) is 0 Å². The fourth-order valence-corrected chi connectivity index (χ4v) is 1.53. The molecule has 2 N–H and O–H groups in total. The number of H-pyrrole nitrogens is 1. The van der Waals surface area contributed by atoms with E-state index in [1.807, 2.05) is 0 Å². The summed E-state index contributed by atoms with van der Waals surface area (Å²) < 4.78 is 5.45. The average Bonchev–Trinajstić information content (AvgIpc) is 2.85. The molecule has 2 rings (SSSR count). The molecule has 0 aliphatic carbocycles. The van der Waals surface area contributed by atoms with Crippen molar-refractivity contribution in [3.05, 3.63) is 11.8 Å². The number of aromatic amines is 1. The van der Waals surface area contributed by atoms with Crippen molar-refractivity contribution in [1.82, 2.24) is 10.2 Å². The van der Waals surface area contributed by atoms with Crippen LogP contribution in [0.25, 0.3) is 0 Å². The van der Waals surface area contributed by atoms with Crippen molar-refractivity contribution < 1.29 is 4.74 Å². The molecular weight excluding hydrogens is 180 g/mol. The van der Waals surface area contributed by atoms with E-state index in [9.17, 15) is 0 Å². The summed E-state index contributed by atoms with van der Waals surface area (Å²) in [5.74, 6) is 0.683. The smallest absolute Gasteiger partial charge is 0.139 e. The molecule has 5 nitrogen and oxygen atoms in total. The second-order valence-electron chi connectivity index (χ2n) is 3.29. The molecule has 1 aromatic heterocycles. The van der Waals surface area contributed by atoms with Crippen molar-refractivity contribution in [2.45, 2.75) is 18.9 Å². The fourth-order valence-electron chi connectivity index (χ4n) is 1.53. The third kappa shape index (κ3) is 1.86. The number of aromatic nitrogens is 2. The van der Waals surface area contributed by atoms with Gasteiger partial charge in [-0.25, -0.2) is 0 Å². The quantitative estimate of drug-likeness (QED) is 0.745. The summed E-state index contributed by atoms with van der Waals surface area (Å²) in [5, 5.41) is 18.4. The van der Waals surface area contributed by atoms with Gasteiger partial charge in [0.05, 0.1) is 12.3 Å². The van der Waals surface area contributed by atoms with Gasteiger partial charge in [-0.2, -0.15) is 10.4 Å². The van der Waals surface area contributed by atoms with Gasteiger partial charge in [-0.15, -0.1) is 0 Å². The highest BCUT2D eigenvalue weighted by molar-refractivity contribution is 5.50. The molecule has 14 heavy (non-hydrogen) atoms. The van der Waals surface area contributed by atoms with Gasteiger partial charge >= 0.3 is 0 Å². The number of hydrogen-bond donors (Lipinski definition) is 2. The van der Waals surface area contributed by atoms with Crippen LogP contribution in [0.2, 0.25) is 0 Å². The molecule has 0 radical (unpaired) electrons. The molecule has 0 amide bonds. The first-order valence-corrected chi connectivity index (χ1v) is 4.69. The Balaban J connectivity index is 1.88. The van der Waals surface area contributed by atoms with Crippen LogP contribution in [-0.2, 0) is 4.74 Å². The van der Waals surface area contributed by atoms with E-state index < -0.39 is 0 Å². The van der Waals surface area contributed by atoms with Crippen molar-refractivity contribution >= 4 is 5.82 Å². The van der Waals surface area contributed by atoms with Crippen LogP contribution in [0.5, 0.6) is 0 Å². The topological polar surface area (TPSA) is 73.7 Å². The third-order valence-corrected chi connectivity index (χ3v) is 2.29. The van der Waals surface area contributed by atoms with Gasteiger partial charge in [0.25, 0.3) is 0 Å². The largest absolute Gasteiger partial charge is 0.376 e. The first kappa shape index (κ1) is 9.03. The maximum Gasteiger partial charge on any atom is 0.139 e. The predicted molar refractivity (Wildman–Crippen MR) is 50.8 cm³/mol. The first-order valence-electron chi connectivity index (χ1n) is 4.69. The van der Waals surface area contributed by atoms with Crippen molar-refractivity contribution in [3.8, 4) is 6.07 Å². The second kappa shape index (κ2) is 4.11. The fraction of sp³-hybridized carbons (Fsp3) is 0.556. The van der Waals surface area contributed by atoms with E-state index in [2.05, 4.69) is 21.6 Å². The molecule has 1 atom stereocenters. The minimum Gasteiger partial charge on any atom is -0.376 e. The minimum absolute atomic E-state index is 0.268. The molecule has 1 aliphatic rings. The van der Waals surface area contributed by atoms with Gasteiger partial charge < -0.3 is 10.1 Å². The zero-order chi connectivity index (χ0) is 9.80. The number of ether oxygens (including phenoxy) is 1. The summed E-state index contributed by atoms with van der Waals surface area (Å²) in [7, 11) is 0. The van der Waals surface area contributed by atoms with Crippen LogP contribution < -0.4 is 5.32 Å². The molecule has 0 bridgehead atoms. The van der Waals surface area contributed by atoms with Gasteiger partial charge in [-0.05, 0) is 12.8 Å². The van der Waals surface area contributed by atoms with Crippen LogP contribution >= 0.6 is 0 Å². The highest BCUT2D eigenvalue weighted by Gasteiger charge is 2.15. The SMILES string of the molecule is N#Cc1cn[nH]c1NC[C@H]1CCCO1. The molecular formula is C9H12N4O. The molecule has 0 saturated carbocycles. The molecule has 1 saturated heterocycles. The summed E-state index contributed by atoms with van der Waals surface area (Å²) in [5.41, 5.74) is 0.544. The standard InChI is InChI=1S/C9H12N4O/c10-4-7-5-12-13-9(7)11-6-8-2-1-3-14-8/h5,8H,1-3,6H2,(H2,11,12,13)/t8-/m1/s1. The molecule has 2 heterocycles. The molecule has 0 unspecified atom stereocenters. The zero-order valence-electron chi connectivity index (χ0n) is 7.79. The Labute approximate surface area is 82.1 Å². The molecule has 74 valence electrons. The van der Waals surface area contributed by atoms with Crippen LogP contribution in [-0.4, -0.2) is 29.5 Å². The number of rotatable bonds is 3. The van der Waals surface area contributed by atoms with Gasteiger partial charge in [0, 0.05) is 13.2 Å². The Hall–Kier alpha value is -1.54. The van der Waals surface area contributed by atoms with Gasteiger partial charge in [0.15, 0.2) is 0 Å². The summed E-state index contributed by atoms with van der Waals surface area (Å²) in [6.45, 7) is 1.58. The molecule has 0 spiro atoms. The Kier molecular flexibility index (Phi) is 2.65. The van der Waals surface area contributed by atoms with Crippen LogP contribution in [0.15, 0.2) is 6.20 Å². The molecule has 1 aromatic rings. The van der Waals surface area contributed by atoms with E-state index in [0.29, 0.717) is 11.4 Å². The third-order valence-electron chi connectivity index (χ3n) is 2.29. The maximum atomic E-state index is 8.72. The summed E-state index contributed by atoms with van der Waals surface area (Å²) in [4.78, 5) is 0. The van der Waals surface area contributed by atoms with Gasteiger partial charge in [-0.3, -0.25) is 5.10 Å². The van der Waals surface area contributed by atoms with Crippen molar-refractivity contribution in [1.29, 1.82) is 5.26 Å². The summed E-state index contributed by atoms with van der Waals surface area (Å²) >= 11 is 0. The Morgan fingerprint density at radius 2 is 2.71 bits per heavy atom. The van der Waals surface area contributed by atoms with E-state index in [1.165, 1.54) is 6.20 Å². The Morgan fingerprint density at radius 1 is 1.79 bits per heavy atom. The summed E-state index contributed by atoms with van der Waals surface area (Å²) in [6.07, 6.45) is 3.99. The lowest BCUT2D eigenvalue weighted by Gasteiger charge is -2.10. The molecule has 1 aliphatic heterocycles. The molecule has 5 heteroatoms. The molecule has 1 fully saturated rings. The van der Waals surface area contributed by atoms with Gasteiger partial charge in [0.2, 0.25) is 0 Å². The average molecular weight is 192 g/mol. The minimum atomic E-state index is 0.268. The maximum absolute atomic E-state index is 8.72. The van der Waals surface area contributed by atoms with E-state index >= 15 is 0 Å². The van der Waals surface area contributed by atoms with Crippen molar-refractivity contribution in [2.24, 2.45) is 0 Å². The lowest BCUT2D eigenvalue weighted by atomic mass is 10.2. The van der Waals surface area contributed by atoms with Crippen LogP contribution in [0.4, 0.5) is 5.82 Å². The Morgan fingerprint density at radius 3 is 3.43 bits per heavy atom. The van der Waals surface area contributed by atoms with E-state index in [1.54, 1.807) is 0 Å². The Bertz CT molecular complexity index is 335. The number of hydrogen-bond acceptors (Lipinski definition) is 4. The normalized spacial score (nSPS) is 20.6. The highest BCUT2D eigenvalue weighted by Crippen LogP contribution is 2.14. The first-order chi connectivity index (χ1) is 6.90. The molecule has 0 aromatic carbocycles. The number of nitriles is 1. The predicted octanol–water partition coefficient (Wildman–Crippen LogP) is 0.872. The number of anilines is 1. The van der Waals surface area contributed by atoms with Crippen molar-refractivity contribution in [2.75, 3.05) is 18.5 Å². The number of nitrogens with one attached hydrogen (secondary N) is 2. The van der Waals surface area contributed by atoms with Gasteiger partial charge in [-0.1, -0.05) is 0 Å². The monoisotopic (exact) mass is 192 g/mol. The second-order valence-corrected chi connectivity index (χ2v) is 3.29. The lowest BCUT2D eigenvalue weighted by Crippen LogP contribution is -2.18. The number of nitrogens with zero attached hydrogens (tertiary/aromatic N) is 2. The highest BCUT2D eigenvalue weighted by atomic mass is 16.5.